The lowest BCUT2D eigenvalue weighted by molar-refractivity contribution is -0.139. The zero-order valence-corrected chi connectivity index (χ0v) is 12.4. The number of thiocarbonyl (C=S) groups is 1. The highest BCUT2D eigenvalue weighted by atomic mass is 32.2. The normalized spacial score (nSPS) is 23.5. The Kier molecular flexibility index (Phi) is 4.48. The van der Waals surface area contributed by atoms with E-state index in [4.69, 9.17) is 12.2 Å². The maximum atomic E-state index is 12.1. The third kappa shape index (κ3) is 2.63. The van der Waals surface area contributed by atoms with Crippen LogP contribution in [0.4, 0.5) is 0 Å². The summed E-state index contributed by atoms with van der Waals surface area (Å²) in [5, 5.41) is 0. The fourth-order valence-electron chi connectivity index (χ4n) is 1.59. The lowest BCUT2D eigenvalue weighted by Gasteiger charge is -2.11. The molecule has 2 aliphatic heterocycles. The Balaban J connectivity index is 2.20. The van der Waals surface area contributed by atoms with E-state index in [1.165, 1.54) is 21.6 Å². The number of carbonyl (C=O) groups is 3. The van der Waals surface area contributed by atoms with Gasteiger partial charge in [0.2, 0.25) is 0 Å². The summed E-state index contributed by atoms with van der Waals surface area (Å²) in [7, 11) is 0. The molecule has 0 saturated carbocycles. The van der Waals surface area contributed by atoms with Crippen LogP contribution in [0.1, 0.15) is 6.92 Å². The minimum absolute atomic E-state index is 0.104. The van der Waals surface area contributed by atoms with Crippen LogP contribution in [0, 0.1) is 0 Å². The number of carbonyl (C=O) groups excluding carboxylic acids is 3. The molecule has 0 atom stereocenters. The van der Waals surface area contributed by atoms with Gasteiger partial charge in [-0.05, 0) is 6.92 Å². The van der Waals surface area contributed by atoms with Crippen molar-refractivity contribution in [1.82, 2.24) is 9.80 Å². The number of amides is 2. The van der Waals surface area contributed by atoms with E-state index in [1.54, 1.807) is 0 Å². The molecule has 0 spiro atoms. The molecule has 0 aliphatic carbocycles. The number of nitrogens with zero attached hydrogens (tertiary/aromatic N) is 2. The number of ether oxygens (including phenoxy) is 1. The van der Waals surface area contributed by atoms with Crippen molar-refractivity contribution in [2.45, 2.75) is 6.92 Å². The lowest BCUT2D eigenvalue weighted by atomic mass is 10.4. The maximum Gasteiger partial charge on any atom is 0.294 e. The average molecular weight is 318 g/mol. The summed E-state index contributed by atoms with van der Waals surface area (Å²) in [5.41, 5.74) is 0. The van der Waals surface area contributed by atoms with E-state index in [9.17, 15) is 14.4 Å². The Morgan fingerprint density at radius 1 is 1.37 bits per heavy atom. The predicted octanol–water partition coefficient (Wildman–Crippen LogP) is 0.742. The van der Waals surface area contributed by atoms with Gasteiger partial charge in [-0.15, -0.1) is 0 Å². The maximum absolute atomic E-state index is 12.1. The molecule has 2 saturated heterocycles. The topological polar surface area (TPSA) is 66.9 Å². The third-order valence-corrected chi connectivity index (χ3v) is 5.20. The highest BCUT2D eigenvalue weighted by Gasteiger charge is 2.39. The van der Waals surface area contributed by atoms with E-state index in [0.717, 1.165) is 11.8 Å². The molecule has 19 heavy (non-hydrogen) atoms. The second kappa shape index (κ2) is 5.93. The van der Waals surface area contributed by atoms with Gasteiger partial charge in [-0.1, -0.05) is 35.7 Å². The first-order valence-electron chi connectivity index (χ1n) is 5.35. The number of thioether (sulfide) groups is 2. The lowest BCUT2D eigenvalue weighted by Crippen LogP contribution is -2.29. The van der Waals surface area contributed by atoms with Crippen molar-refractivity contribution in [3.05, 3.63) is 9.81 Å². The molecule has 2 fully saturated rings. The van der Waals surface area contributed by atoms with E-state index < -0.39 is 0 Å². The Bertz CT molecular complexity index is 491. The van der Waals surface area contributed by atoms with Crippen molar-refractivity contribution in [3.63, 3.8) is 0 Å². The molecule has 0 N–H and O–H groups in total. The number of hydrogen-bond acceptors (Lipinski definition) is 7. The van der Waals surface area contributed by atoms with Gasteiger partial charge in [0.1, 0.15) is 4.32 Å². The molecule has 9 heteroatoms. The first kappa shape index (κ1) is 14.4. The van der Waals surface area contributed by atoms with Gasteiger partial charge in [-0.25, -0.2) is 0 Å². The fraction of sp³-hybridized carbons (Fsp3) is 0.400. The van der Waals surface area contributed by atoms with Gasteiger partial charge in [0.05, 0.1) is 15.7 Å². The standard InChI is InChI=1S/C10H10N2O4S3/c1-2-12-9(15)7(19-10(12)17)6-8(14)11(4-18-6)3-16-5-13/h5H,2-4H2,1H3. The van der Waals surface area contributed by atoms with Crippen LogP contribution in [-0.2, 0) is 19.1 Å². The summed E-state index contributed by atoms with van der Waals surface area (Å²) in [6, 6.07) is 0. The fourth-order valence-corrected chi connectivity index (χ4v) is 4.18. The molecule has 0 aromatic carbocycles. The van der Waals surface area contributed by atoms with Crippen LogP contribution >= 0.6 is 35.7 Å². The van der Waals surface area contributed by atoms with Crippen LogP contribution in [0.3, 0.4) is 0 Å². The van der Waals surface area contributed by atoms with Gasteiger partial charge < -0.3 is 4.74 Å². The summed E-state index contributed by atoms with van der Waals surface area (Å²) >= 11 is 7.49. The van der Waals surface area contributed by atoms with Crippen molar-refractivity contribution >= 4 is 58.3 Å². The van der Waals surface area contributed by atoms with Crippen molar-refractivity contribution in [2.24, 2.45) is 0 Å². The van der Waals surface area contributed by atoms with Gasteiger partial charge in [0, 0.05) is 6.54 Å². The first-order valence-corrected chi connectivity index (χ1v) is 7.56. The molecular weight excluding hydrogens is 308 g/mol. The Labute approximate surface area is 123 Å². The van der Waals surface area contributed by atoms with Gasteiger partial charge in [0.25, 0.3) is 18.3 Å². The molecule has 0 aromatic rings. The minimum atomic E-state index is -0.302. The molecule has 2 rings (SSSR count). The molecule has 0 aromatic heterocycles. The molecule has 102 valence electrons. The molecule has 0 bridgehead atoms. The second-order valence-corrected chi connectivity index (χ2v) is 6.19. The molecule has 0 unspecified atom stereocenters. The number of rotatable bonds is 4. The highest BCUT2D eigenvalue weighted by Crippen LogP contribution is 2.40. The van der Waals surface area contributed by atoms with Crippen molar-refractivity contribution in [3.8, 4) is 0 Å². The predicted molar refractivity (Wildman–Crippen MR) is 75.9 cm³/mol. The zero-order valence-electron chi connectivity index (χ0n) is 9.95. The molecule has 2 heterocycles. The Morgan fingerprint density at radius 3 is 2.68 bits per heavy atom. The average Bonchev–Trinajstić information content (AvgIpc) is 2.88. The molecule has 2 amide bonds. The van der Waals surface area contributed by atoms with Crippen LogP contribution in [-0.4, -0.2) is 51.6 Å². The van der Waals surface area contributed by atoms with Crippen LogP contribution in [0.2, 0.25) is 0 Å². The van der Waals surface area contributed by atoms with E-state index in [2.05, 4.69) is 4.74 Å². The smallest absolute Gasteiger partial charge is 0.294 e. The summed E-state index contributed by atoms with van der Waals surface area (Å²) in [5.74, 6) is -0.173. The minimum Gasteiger partial charge on any atom is -0.446 e. The molecule has 0 radical (unpaired) electrons. The molecule has 6 nitrogen and oxygen atoms in total. The summed E-state index contributed by atoms with van der Waals surface area (Å²) in [6.45, 7) is 2.49. The summed E-state index contributed by atoms with van der Waals surface area (Å²) in [4.78, 5) is 37.8. The van der Waals surface area contributed by atoms with Crippen LogP contribution in [0.15, 0.2) is 9.81 Å². The largest absolute Gasteiger partial charge is 0.446 e. The van der Waals surface area contributed by atoms with Crippen LogP contribution in [0.5, 0.6) is 0 Å². The third-order valence-electron chi connectivity index (χ3n) is 2.52. The van der Waals surface area contributed by atoms with E-state index in [1.807, 2.05) is 6.92 Å². The summed E-state index contributed by atoms with van der Waals surface area (Å²) < 4.78 is 5.01. The summed E-state index contributed by atoms with van der Waals surface area (Å²) in [6.07, 6.45) is 0. The van der Waals surface area contributed by atoms with Crippen molar-refractivity contribution in [1.29, 1.82) is 0 Å². The SMILES string of the molecule is CCN1C(=O)C(=C2SCN(COC=O)C2=O)SC1=S. The second-order valence-electron chi connectivity index (χ2n) is 3.59. The van der Waals surface area contributed by atoms with Crippen molar-refractivity contribution < 1.29 is 19.1 Å². The Morgan fingerprint density at radius 2 is 2.11 bits per heavy atom. The highest BCUT2D eigenvalue weighted by molar-refractivity contribution is 8.27. The van der Waals surface area contributed by atoms with Crippen LogP contribution in [0.25, 0.3) is 0 Å². The van der Waals surface area contributed by atoms with E-state index in [-0.39, 0.29) is 25.0 Å². The first-order chi connectivity index (χ1) is 9.10. The molecular formula is C10H10N2O4S3. The Hall–Kier alpha value is -1.06. The van der Waals surface area contributed by atoms with Gasteiger partial charge in [0.15, 0.2) is 6.73 Å². The number of hydrogen-bond donors (Lipinski definition) is 0. The van der Waals surface area contributed by atoms with Crippen molar-refractivity contribution in [2.75, 3.05) is 19.2 Å². The zero-order chi connectivity index (χ0) is 14.0. The van der Waals surface area contributed by atoms with Gasteiger partial charge in [-0.2, -0.15) is 0 Å². The van der Waals surface area contributed by atoms with E-state index in [0.29, 0.717) is 26.6 Å². The number of likely N-dealkylation sites (N-methyl/N-ethyl adjacent to an activating group) is 1. The quantitative estimate of drug-likeness (QED) is 0.430. The monoisotopic (exact) mass is 318 g/mol. The van der Waals surface area contributed by atoms with Gasteiger partial charge in [-0.3, -0.25) is 24.2 Å². The van der Waals surface area contributed by atoms with E-state index >= 15 is 0 Å². The van der Waals surface area contributed by atoms with Gasteiger partial charge >= 0.3 is 0 Å². The molecule has 2 aliphatic rings. The van der Waals surface area contributed by atoms with Crippen LogP contribution < -0.4 is 0 Å².